The van der Waals surface area contributed by atoms with Crippen LogP contribution in [0.25, 0.3) is 0 Å². The molecule has 1 amide bonds. The van der Waals surface area contributed by atoms with E-state index in [0.717, 1.165) is 24.8 Å². The van der Waals surface area contributed by atoms with Crippen LogP contribution in [0, 0.1) is 5.92 Å². The van der Waals surface area contributed by atoms with Gasteiger partial charge in [0, 0.05) is 18.6 Å². The number of carbonyl (C=O) groups excluding carboxylic acids is 1. The summed E-state index contributed by atoms with van der Waals surface area (Å²) in [5, 5.41) is 11.4. The summed E-state index contributed by atoms with van der Waals surface area (Å²) in [5.74, 6) is 1.13. The highest BCUT2D eigenvalue weighted by Gasteiger charge is 2.23. The highest BCUT2D eigenvalue weighted by atomic mass is 16.5. The molecule has 0 saturated heterocycles. The van der Waals surface area contributed by atoms with E-state index in [4.69, 9.17) is 9.84 Å². The third kappa shape index (κ3) is 2.98. The van der Waals surface area contributed by atoms with E-state index >= 15 is 0 Å². The standard InChI is InChI=1S/C13H18N2O3/c1-9-8-10-4-5-11(18-7-3-2-6-16)14-12(10)15-13(9)17/h4-5,9,16H,2-3,6-8H2,1H3,(H,14,15,17). The molecule has 2 heterocycles. The minimum Gasteiger partial charge on any atom is -0.478 e. The number of hydrogen-bond donors (Lipinski definition) is 2. The van der Waals surface area contributed by atoms with Gasteiger partial charge >= 0.3 is 0 Å². The van der Waals surface area contributed by atoms with Crippen molar-refractivity contribution in [1.82, 2.24) is 4.98 Å². The number of aromatic nitrogens is 1. The van der Waals surface area contributed by atoms with E-state index in [2.05, 4.69) is 10.3 Å². The molecule has 1 atom stereocenters. The second-order valence-electron chi connectivity index (χ2n) is 4.53. The normalized spacial score (nSPS) is 18.1. The number of unbranched alkanes of at least 4 members (excludes halogenated alkanes) is 1. The number of amides is 1. The first-order chi connectivity index (χ1) is 8.70. The molecule has 18 heavy (non-hydrogen) atoms. The number of fused-ring (bicyclic) bond motifs is 1. The Morgan fingerprint density at radius 1 is 1.50 bits per heavy atom. The van der Waals surface area contributed by atoms with Crippen molar-refractivity contribution in [3.63, 3.8) is 0 Å². The van der Waals surface area contributed by atoms with Crippen molar-refractivity contribution in [2.45, 2.75) is 26.2 Å². The summed E-state index contributed by atoms with van der Waals surface area (Å²) in [6.45, 7) is 2.60. The van der Waals surface area contributed by atoms with E-state index in [9.17, 15) is 4.79 Å². The van der Waals surface area contributed by atoms with E-state index in [1.54, 1.807) is 0 Å². The molecule has 2 N–H and O–H groups in total. The van der Waals surface area contributed by atoms with Gasteiger partial charge in [0.2, 0.25) is 11.8 Å². The van der Waals surface area contributed by atoms with E-state index in [1.165, 1.54) is 0 Å². The smallest absolute Gasteiger partial charge is 0.228 e. The molecule has 2 rings (SSSR count). The Morgan fingerprint density at radius 3 is 3.11 bits per heavy atom. The molecule has 1 aromatic rings. The Labute approximate surface area is 106 Å². The van der Waals surface area contributed by atoms with E-state index in [0.29, 0.717) is 18.3 Å². The van der Waals surface area contributed by atoms with Gasteiger partial charge in [0.1, 0.15) is 5.82 Å². The quantitative estimate of drug-likeness (QED) is 0.774. The van der Waals surface area contributed by atoms with Crippen LogP contribution in [0.1, 0.15) is 25.3 Å². The number of nitrogens with zero attached hydrogens (tertiary/aromatic N) is 1. The zero-order valence-corrected chi connectivity index (χ0v) is 10.5. The molecule has 0 aliphatic carbocycles. The number of rotatable bonds is 5. The van der Waals surface area contributed by atoms with Crippen LogP contribution in [-0.2, 0) is 11.2 Å². The first kappa shape index (κ1) is 12.8. The number of carbonyl (C=O) groups is 1. The molecule has 0 spiro atoms. The zero-order valence-electron chi connectivity index (χ0n) is 10.5. The van der Waals surface area contributed by atoms with Gasteiger partial charge in [-0.05, 0) is 30.9 Å². The van der Waals surface area contributed by atoms with Crippen LogP contribution in [0.3, 0.4) is 0 Å². The molecule has 1 aliphatic heterocycles. The molecule has 0 bridgehead atoms. The van der Waals surface area contributed by atoms with Crippen molar-refractivity contribution in [2.24, 2.45) is 5.92 Å². The average molecular weight is 250 g/mol. The molecule has 1 aliphatic rings. The van der Waals surface area contributed by atoms with Gasteiger partial charge in [0.15, 0.2) is 0 Å². The van der Waals surface area contributed by atoms with Gasteiger partial charge in [-0.3, -0.25) is 4.79 Å². The lowest BCUT2D eigenvalue weighted by molar-refractivity contribution is -0.119. The first-order valence-electron chi connectivity index (χ1n) is 6.25. The molecule has 5 heteroatoms. The molecule has 0 saturated carbocycles. The first-order valence-corrected chi connectivity index (χ1v) is 6.25. The third-order valence-corrected chi connectivity index (χ3v) is 2.97. The Morgan fingerprint density at radius 2 is 2.33 bits per heavy atom. The Bertz CT molecular complexity index is 434. The van der Waals surface area contributed by atoms with Gasteiger partial charge in [0.05, 0.1) is 6.61 Å². The van der Waals surface area contributed by atoms with Crippen molar-refractivity contribution in [3.05, 3.63) is 17.7 Å². The average Bonchev–Trinajstić information content (AvgIpc) is 2.36. The lowest BCUT2D eigenvalue weighted by Gasteiger charge is -2.21. The number of aliphatic hydroxyl groups excluding tert-OH is 1. The lowest BCUT2D eigenvalue weighted by Crippen LogP contribution is -2.28. The number of nitrogens with one attached hydrogen (secondary N) is 1. The Hall–Kier alpha value is -1.62. The molecule has 0 fully saturated rings. The number of anilines is 1. The van der Waals surface area contributed by atoms with E-state index < -0.39 is 0 Å². The highest BCUT2D eigenvalue weighted by molar-refractivity contribution is 5.94. The number of pyridine rings is 1. The Kier molecular flexibility index (Phi) is 4.15. The van der Waals surface area contributed by atoms with Gasteiger partial charge < -0.3 is 15.2 Å². The second kappa shape index (κ2) is 5.82. The predicted octanol–water partition coefficient (Wildman–Crippen LogP) is 1.36. The van der Waals surface area contributed by atoms with Gasteiger partial charge in [-0.2, -0.15) is 4.98 Å². The van der Waals surface area contributed by atoms with E-state index in [1.807, 2.05) is 19.1 Å². The van der Waals surface area contributed by atoms with Gasteiger partial charge in [0.25, 0.3) is 0 Å². The van der Waals surface area contributed by atoms with Crippen LogP contribution in [0.5, 0.6) is 5.88 Å². The van der Waals surface area contributed by atoms with Crippen LogP contribution in [0.2, 0.25) is 0 Å². The molecule has 98 valence electrons. The summed E-state index contributed by atoms with van der Waals surface area (Å²) >= 11 is 0. The maximum atomic E-state index is 11.5. The van der Waals surface area contributed by atoms with Crippen LogP contribution in [0.4, 0.5) is 5.82 Å². The molecular formula is C13H18N2O3. The van der Waals surface area contributed by atoms with Crippen molar-refractivity contribution >= 4 is 11.7 Å². The monoisotopic (exact) mass is 250 g/mol. The van der Waals surface area contributed by atoms with Crippen molar-refractivity contribution in [2.75, 3.05) is 18.5 Å². The minimum atomic E-state index is -0.00405. The minimum absolute atomic E-state index is 0.00405. The maximum absolute atomic E-state index is 11.5. The number of hydrogen-bond acceptors (Lipinski definition) is 4. The topological polar surface area (TPSA) is 71.5 Å². The van der Waals surface area contributed by atoms with Gasteiger partial charge in [-0.15, -0.1) is 0 Å². The van der Waals surface area contributed by atoms with Crippen molar-refractivity contribution in [1.29, 1.82) is 0 Å². The summed E-state index contributed by atoms with van der Waals surface area (Å²) in [6.07, 6.45) is 2.23. The highest BCUT2D eigenvalue weighted by Crippen LogP contribution is 2.25. The number of ether oxygens (including phenoxy) is 1. The lowest BCUT2D eigenvalue weighted by atomic mass is 9.97. The van der Waals surface area contributed by atoms with Crippen molar-refractivity contribution < 1.29 is 14.6 Å². The molecular weight excluding hydrogens is 232 g/mol. The van der Waals surface area contributed by atoms with Crippen LogP contribution < -0.4 is 10.1 Å². The third-order valence-electron chi connectivity index (χ3n) is 2.97. The molecule has 0 aromatic carbocycles. The van der Waals surface area contributed by atoms with E-state index in [-0.39, 0.29) is 18.4 Å². The van der Waals surface area contributed by atoms with Gasteiger partial charge in [-0.25, -0.2) is 0 Å². The summed E-state index contributed by atoms with van der Waals surface area (Å²) < 4.78 is 5.46. The summed E-state index contributed by atoms with van der Waals surface area (Å²) in [6, 6.07) is 3.77. The SMILES string of the molecule is CC1Cc2ccc(OCCCCO)nc2NC1=O. The van der Waals surface area contributed by atoms with Crippen LogP contribution in [-0.4, -0.2) is 29.2 Å². The van der Waals surface area contributed by atoms with Crippen LogP contribution in [0.15, 0.2) is 12.1 Å². The largest absolute Gasteiger partial charge is 0.478 e. The maximum Gasteiger partial charge on any atom is 0.228 e. The summed E-state index contributed by atoms with van der Waals surface area (Å²) in [5.41, 5.74) is 1.05. The molecule has 1 unspecified atom stereocenters. The molecule has 1 aromatic heterocycles. The fraction of sp³-hybridized carbons (Fsp3) is 0.538. The van der Waals surface area contributed by atoms with Crippen LogP contribution >= 0.6 is 0 Å². The zero-order chi connectivity index (χ0) is 13.0. The molecule has 5 nitrogen and oxygen atoms in total. The summed E-state index contributed by atoms with van der Waals surface area (Å²) in [4.78, 5) is 15.8. The Balaban J connectivity index is 1.99. The second-order valence-corrected chi connectivity index (χ2v) is 4.53. The van der Waals surface area contributed by atoms with Crippen molar-refractivity contribution in [3.8, 4) is 5.88 Å². The summed E-state index contributed by atoms with van der Waals surface area (Å²) in [7, 11) is 0. The van der Waals surface area contributed by atoms with Gasteiger partial charge in [-0.1, -0.05) is 6.92 Å². The number of aliphatic hydroxyl groups is 1. The predicted molar refractivity (Wildman–Crippen MR) is 67.5 cm³/mol. The molecule has 0 radical (unpaired) electrons. The fourth-order valence-electron chi connectivity index (χ4n) is 1.88. The fourth-order valence-corrected chi connectivity index (χ4v) is 1.88.